The van der Waals surface area contributed by atoms with Gasteiger partial charge in [0.25, 0.3) is 0 Å². The normalized spacial score (nSPS) is 17.2. The van der Waals surface area contributed by atoms with Gasteiger partial charge in [-0.25, -0.2) is 4.98 Å². The quantitative estimate of drug-likeness (QED) is 0.866. The lowest BCUT2D eigenvalue weighted by molar-refractivity contribution is -0.144. The molecule has 0 spiro atoms. The fourth-order valence-electron chi connectivity index (χ4n) is 2.92. The van der Waals surface area contributed by atoms with Crippen molar-refractivity contribution in [1.29, 1.82) is 0 Å². The van der Waals surface area contributed by atoms with Crippen molar-refractivity contribution in [1.82, 2.24) is 14.8 Å². The number of nitrogens with zero attached hydrogens (tertiary/aromatic N) is 3. The zero-order chi connectivity index (χ0) is 15.3. The van der Waals surface area contributed by atoms with Crippen LogP contribution in [0.3, 0.4) is 0 Å². The molecule has 0 aliphatic carbocycles. The van der Waals surface area contributed by atoms with Crippen LogP contribution >= 0.6 is 11.3 Å². The molecule has 2 N–H and O–H groups in total. The highest BCUT2D eigenvalue weighted by atomic mass is 32.1. The van der Waals surface area contributed by atoms with Crippen molar-refractivity contribution >= 4 is 17.2 Å². The van der Waals surface area contributed by atoms with E-state index in [1.165, 1.54) is 0 Å². The fourth-order valence-corrected chi connectivity index (χ4v) is 3.47. The molecular weight excluding hydrogens is 284 g/mol. The summed E-state index contributed by atoms with van der Waals surface area (Å²) in [6.07, 6.45) is 1.63. The molecule has 1 saturated heterocycles. The third-order valence-corrected chi connectivity index (χ3v) is 5.36. The van der Waals surface area contributed by atoms with Crippen LogP contribution in [0, 0.1) is 5.41 Å². The Morgan fingerprint density at radius 1 is 1.33 bits per heavy atom. The molecule has 0 aromatic carbocycles. The molecule has 0 bridgehead atoms. The molecule has 1 aromatic rings. The van der Waals surface area contributed by atoms with Gasteiger partial charge in [-0.15, -0.1) is 11.3 Å². The number of thiazole rings is 1. The van der Waals surface area contributed by atoms with Gasteiger partial charge in [-0.05, 0) is 12.8 Å². The van der Waals surface area contributed by atoms with Gasteiger partial charge in [0.2, 0.25) is 5.91 Å². The number of amides is 1. The van der Waals surface area contributed by atoms with E-state index in [1.807, 2.05) is 10.4 Å². The Morgan fingerprint density at radius 3 is 2.48 bits per heavy atom. The van der Waals surface area contributed by atoms with Crippen LogP contribution in [-0.4, -0.2) is 53.4 Å². The molecule has 0 radical (unpaired) electrons. The van der Waals surface area contributed by atoms with Crippen molar-refractivity contribution in [2.45, 2.75) is 33.2 Å². The SMILES string of the molecule is CCC(CC)(CN)C(=O)N1CCN(Cc2cscn2)CC1. The molecule has 1 aromatic heterocycles. The van der Waals surface area contributed by atoms with E-state index < -0.39 is 0 Å². The molecule has 118 valence electrons. The molecule has 6 heteroatoms. The predicted octanol–water partition coefficient (Wildman–Crippen LogP) is 1.55. The summed E-state index contributed by atoms with van der Waals surface area (Å²) < 4.78 is 0. The van der Waals surface area contributed by atoms with E-state index >= 15 is 0 Å². The van der Waals surface area contributed by atoms with Crippen LogP contribution in [-0.2, 0) is 11.3 Å². The van der Waals surface area contributed by atoms with Crippen molar-refractivity contribution in [3.05, 3.63) is 16.6 Å². The summed E-state index contributed by atoms with van der Waals surface area (Å²) in [6.45, 7) is 8.87. The Balaban J connectivity index is 1.89. The van der Waals surface area contributed by atoms with Gasteiger partial charge in [0, 0.05) is 44.6 Å². The van der Waals surface area contributed by atoms with Crippen molar-refractivity contribution in [2.24, 2.45) is 11.1 Å². The number of aromatic nitrogens is 1. The molecule has 5 nitrogen and oxygen atoms in total. The average molecular weight is 310 g/mol. The van der Waals surface area contributed by atoms with Gasteiger partial charge in [0.05, 0.1) is 16.6 Å². The standard InChI is InChI=1S/C15H26N4OS/c1-3-15(4-2,11-16)14(20)19-7-5-18(6-8-19)9-13-10-21-12-17-13/h10,12H,3-9,11,16H2,1-2H3. The number of carbonyl (C=O) groups is 1. The van der Waals surface area contributed by atoms with Gasteiger partial charge in [-0.1, -0.05) is 13.8 Å². The van der Waals surface area contributed by atoms with E-state index in [-0.39, 0.29) is 11.3 Å². The monoisotopic (exact) mass is 310 g/mol. The van der Waals surface area contributed by atoms with E-state index in [9.17, 15) is 4.79 Å². The maximum absolute atomic E-state index is 12.8. The zero-order valence-electron chi connectivity index (χ0n) is 13.0. The Hall–Kier alpha value is -0.980. The Labute approximate surface area is 131 Å². The van der Waals surface area contributed by atoms with Crippen LogP contribution in [0.15, 0.2) is 10.9 Å². The summed E-state index contributed by atoms with van der Waals surface area (Å²) in [7, 11) is 0. The highest BCUT2D eigenvalue weighted by Crippen LogP contribution is 2.28. The van der Waals surface area contributed by atoms with E-state index in [0.717, 1.165) is 51.3 Å². The van der Waals surface area contributed by atoms with Gasteiger partial charge in [0.1, 0.15) is 0 Å². The van der Waals surface area contributed by atoms with Crippen LogP contribution in [0.2, 0.25) is 0 Å². The second-order valence-corrected chi connectivity index (χ2v) is 6.46. The molecule has 21 heavy (non-hydrogen) atoms. The first-order chi connectivity index (χ1) is 10.1. The van der Waals surface area contributed by atoms with E-state index in [0.29, 0.717) is 6.54 Å². The lowest BCUT2D eigenvalue weighted by Crippen LogP contribution is -2.54. The zero-order valence-corrected chi connectivity index (χ0v) is 13.9. The summed E-state index contributed by atoms with van der Waals surface area (Å²) in [5.74, 6) is 0.239. The third-order valence-electron chi connectivity index (χ3n) is 4.73. The Morgan fingerprint density at radius 2 is 2.00 bits per heavy atom. The summed E-state index contributed by atoms with van der Waals surface area (Å²) in [6, 6.07) is 0. The number of rotatable bonds is 6. The third kappa shape index (κ3) is 3.62. The largest absolute Gasteiger partial charge is 0.340 e. The molecule has 1 aliphatic rings. The van der Waals surface area contributed by atoms with Gasteiger partial charge < -0.3 is 10.6 Å². The molecule has 1 fully saturated rings. The van der Waals surface area contributed by atoms with E-state index in [4.69, 9.17) is 5.73 Å². The first-order valence-corrected chi connectivity index (χ1v) is 8.68. The molecule has 0 atom stereocenters. The number of carbonyl (C=O) groups excluding carboxylic acids is 1. The number of nitrogens with two attached hydrogens (primary N) is 1. The molecule has 1 aliphatic heterocycles. The molecule has 0 saturated carbocycles. The van der Waals surface area contributed by atoms with Crippen molar-refractivity contribution < 1.29 is 4.79 Å². The second-order valence-electron chi connectivity index (χ2n) is 5.74. The maximum Gasteiger partial charge on any atom is 0.230 e. The van der Waals surface area contributed by atoms with Crippen LogP contribution < -0.4 is 5.73 Å². The number of hydrogen-bond acceptors (Lipinski definition) is 5. The molecular formula is C15H26N4OS. The topological polar surface area (TPSA) is 62.5 Å². The second kappa shape index (κ2) is 7.33. The number of piperazine rings is 1. The number of hydrogen-bond donors (Lipinski definition) is 1. The molecule has 2 heterocycles. The Bertz CT molecular complexity index is 428. The molecule has 0 unspecified atom stereocenters. The minimum absolute atomic E-state index is 0.239. The van der Waals surface area contributed by atoms with Crippen LogP contribution in [0.25, 0.3) is 0 Å². The van der Waals surface area contributed by atoms with Gasteiger partial charge in [-0.3, -0.25) is 9.69 Å². The van der Waals surface area contributed by atoms with Crippen molar-refractivity contribution in [2.75, 3.05) is 32.7 Å². The minimum Gasteiger partial charge on any atom is -0.340 e. The predicted molar refractivity (Wildman–Crippen MR) is 86.0 cm³/mol. The van der Waals surface area contributed by atoms with Crippen LogP contribution in [0.5, 0.6) is 0 Å². The minimum atomic E-state index is -0.364. The van der Waals surface area contributed by atoms with Crippen molar-refractivity contribution in [3.63, 3.8) is 0 Å². The van der Waals surface area contributed by atoms with Gasteiger partial charge in [-0.2, -0.15) is 0 Å². The smallest absolute Gasteiger partial charge is 0.230 e. The molecule has 2 rings (SSSR count). The van der Waals surface area contributed by atoms with E-state index in [2.05, 4.69) is 29.1 Å². The van der Waals surface area contributed by atoms with Crippen molar-refractivity contribution in [3.8, 4) is 0 Å². The molecule has 1 amide bonds. The lowest BCUT2D eigenvalue weighted by atomic mass is 9.81. The Kier molecular flexibility index (Phi) is 5.72. The highest BCUT2D eigenvalue weighted by Gasteiger charge is 2.37. The van der Waals surface area contributed by atoms with Gasteiger partial charge >= 0.3 is 0 Å². The summed E-state index contributed by atoms with van der Waals surface area (Å²) in [5.41, 5.74) is 8.52. The fraction of sp³-hybridized carbons (Fsp3) is 0.733. The lowest BCUT2D eigenvalue weighted by Gasteiger charge is -2.40. The highest BCUT2D eigenvalue weighted by molar-refractivity contribution is 7.07. The summed E-state index contributed by atoms with van der Waals surface area (Å²) in [4.78, 5) is 21.4. The van der Waals surface area contributed by atoms with Gasteiger partial charge in [0.15, 0.2) is 0 Å². The first kappa shape index (κ1) is 16.4. The van der Waals surface area contributed by atoms with Crippen LogP contribution in [0.4, 0.5) is 0 Å². The summed E-state index contributed by atoms with van der Waals surface area (Å²) >= 11 is 1.63. The average Bonchev–Trinajstić information content (AvgIpc) is 3.03. The van der Waals surface area contributed by atoms with E-state index in [1.54, 1.807) is 11.3 Å². The first-order valence-electron chi connectivity index (χ1n) is 7.74. The summed E-state index contributed by atoms with van der Waals surface area (Å²) in [5, 5.41) is 2.09. The maximum atomic E-state index is 12.8. The van der Waals surface area contributed by atoms with Crippen LogP contribution in [0.1, 0.15) is 32.4 Å².